The number of hydrazone groups is 1. The Bertz CT molecular complexity index is 990. The standard InChI is InChI=1S/C19H17BrClN5OS/c1-2-26-18(14-6-8-16(21)9-7-14)24-25-19(26)28-12-17(27)23-22-11-13-4-3-5-15(20)10-13/h3-11H,2,12H2,1H3,(H,23,27). The molecule has 0 bridgehead atoms. The normalized spacial score (nSPS) is 11.1. The Kier molecular flexibility index (Phi) is 7.24. The van der Waals surface area contributed by atoms with Crippen molar-refractivity contribution in [3.05, 3.63) is 63.6 Å². The van der Waals surface area contributed by atoms with Crippen LogP contribution in [0.4, 0.5) is 0 Å². The highest BCUT2D eigenvalue weighted by molar-refractivity contribution is 9.10. The molecule has 3 aromatic rings. The van der Waals surface area contributed by atoms with E-state index in [0.29, 0.717) is 16.7 Å². The number of halogens is 2. The van der Waals surface area contributed by atoms with Crippen LogP contribution in [0.2, 0.25) is 5.02 Å². The summed E-state index contributed by atoms with van der Waals surface area (Å²) in [5, 5.41) is 13.8. The number of aromatic nitrogens is 3. The van der Waals surface area contributed by atoms with Gasteiger partial charge < -0.3 is 4.57 Å². The molecule has 144 valence electrons. The second kappa shape index (κ2) is 9.86. The number of hydrogen-bond donors (Lipinski definition) is 1. The van der Waals surface area contributed by atoms with E-state index in [9.17, 15) is 4.79 Å². The molecule has 1 heterocycles. The van der Waals surface area contributed by atoms with Crippen LogP contribution in [0, 0.1) is 0 Å². The molecule has 0 saturated heterocycles. The first-order valence-electron chi connectivity index (χ1n) is 8.46. The summed E-state index contributed by atoms with van der Waals surface area (Å²) in [4.78, 5) is 12.1. The smallest absolute Gasteiger partial charge is 0.250 e. The molecule has 1 amide bonds. The van der Waals surface area contributed by atoms with Crippen molar-refractivity contribution in [2.45, 2.75) is 18.6 Å². The molecular weight excluding hydrogens is 462 g/mol. The molecule has 0 aliphatic heterocycles. The van der Waals surface area contributed by atoms with Crippen LogP contribution in [0.3, 0.4) is 0 Å². The Labute approximate surface area is 180 Å². The van der Waals surface area contributed by atoms with Crippen LogP contribution in [0.1, 0.15) is 12.5 Å². The highest BCUT2D eigenvalue weighted by Crippen LogP contribution is 2.25. The van der Waals surface area contributed by atoms with E-state index in [2.05, 4.69) is 36.7 Å². The Hall–Kier alpha value is -2.16. The summed E-state index contributed by atoms with van der Waals surface area (Å²) < 4.78 is 2.92. The summed E-state index contributed by atoms with van der Waals surface area (Å²) >= 11 is 10.7. The van der Waals surface area contributed by atoms with Gasteiger partial charge in [0, 0.05) is 21.6 Å². The predicted molar refractivity (Wildman–Crippen MR) is 117 cm³/mol. The summed E-state index contributed by atoms with van der Waals surface area (Å²) in [6.07, 6.45) is 1.60. The third-order valence-electron chi connectivity index (χ3n) is 3.72. The number of benzene rings is 2. The fourth-order valence-electron chi connectivity index (χ4n) is 2.42. The lowest BCUT2D eigenvalue weighted by atomic mass is 10.2. The lowest BCUT2D eigenvalue weighted by molar-refractivity contribution is -0.118. The molecule has 9 heteroatoms. The number of nitrogens with one attached hydrogen (secondary N) is 1. The van der Waals surface area contributed by atoms with Crippen molar-refractivity contribution in [3.8, 4) is 11.4 Å². The SMILES string of the molecule is CCn1c(SCC(=O)NN=Cc2cccc(Br)c2)nnc1-c1ccc(Cl)cc1. The number of nitrogens with zero attached hydrogens (tertiary/aromatic N) is 4. The summed E-state index contributed by atoms with van der Waals surface area (Å²) in [6.45, 7) is 2.70. The molecule has 0 unspecified atom stereocenters. The van der Waals surface area contributed by atoms with E-state index in [1.807, 2.05) is 60.0 Å². The van der Waals surface area contributed by atoms with Crippen molar-refractivity contribution >= 4 is 51.4 Å². The fraction of sp³-hybridized carbons (Fsp3) is 0.158. The summed E-state index contributed by atoms with van der Waals surface area (Å²) in [6, 6.07) is 15.1. The quantitative estimate of drug-likeness (QED) is 0.305. The van der Waals surface area contributed by atoms with Gasteiger partial charge in [0.05, 0.1) is 12.0 Å². The molecule has 0 aliphatic carbocycles. The Morgan fingerprint density at radius 2 is 2.07 bits per heavy atom. The zero-order valence-corrected chi connectivity index (χ0v) is 18.1. The van der Waals surface area contributed by atoms with Gasteiger partial charge >= 0.3 is 0 Å². The molecule has 0 radical (unpaired) electrons. The Morgan fingerprint density at radius 3 is 2.79 bits per heavy atom. The van der Waals surface area contributed by atoms with E-state index in [0.717, 1.165) is 21.4 Å². The Balaban J connectivity index is 1.59. The van der Waals surface area contributed by atoms with Crippen molar-refractivity contribution in [3.63, 3.8) is 0 Å². The number of carbonyl (C=O) groups excluding carboxylic acids is 1. The third kappa shape index (κ3) is 5.43. The third-order valence-corrected chi connectivity index (χ3v) is 5.43. The van der Waals surface area contributed by atoms with E-state index in [1.165, 1.54) is 11.8 Å². The van der Waals surface area contributed by atoms with Gasteiger partial charge in [0.25, 0.3) is 5.91 Å². The molecular formula is C19H17BrClN5OS. The van der Waals surface area contributed by atoms with Crippen LogP contribution in [-0.4, -0.2) is 32.6 Å². The summed E-state index contributed by atoms with van der Waals surface area (Å²) in [5.74, 6) is 0.721. The van der Waals surface area contributed by atoms with Gasteiger partial charge in [0.1, 0.15) is 0 Å². The molecule has 28 heavy (non-hydrogen) atoms. The first-order chi connectivity index (χ1) is 13.6. The number of hydrogen-bond acceptors (Lipinski definition) is 5. The van der Waals surface area contributed by atoms with E-state index in [1.54, 1.807) is 6.21 Å². The van der Waals surface area contributed by atoms with Crippen LogP contribution in [0.25, 0.3) is 11.4 Å². The largest absolute Gasteiger partial charge is 0.302 e. The topological polar surface area (TPSA) is 72.2 Å². The van der Waals surface area contributed by atoms with Crippen molar-refractivity contribution in [1.29, 1.82) is 0 Å². The van der Waals surface area contributed by atoms with E-state index >= 15 is 0 Å². The minimum absolute atomic E-state index is 0.189. The molecule has 0 aliphatic rings. The van der Waals surface area contributed by atoms with Crippen molar-refractivity contribution in [1.82, 2.24) is 20.2 Å². The summed E-state index contributed by atoms with van der Waals surface area (Å²) in [5.41, 5.74) is 4.34. The number of carbonyl (C=O) groups is 1. The van der Waals surface area contributed by atoms with Gasteiger partial charge in [0.15, 0.2) is 11.0 Å². The summed E-state index contributed by atoms with van der Waals surface area (Å²) in [7, 11) is 0. The van der Waals surface area contributed by atoms with E-state index in [-0.39, 0.29) is 11.7 Å². The van der Waals surface area contributed by atoms with Crippen molar-refractivity contribution in [2.75, 3.05) is 5.75 Å². The first-order valence-corrected chi connectivity index (χ1v) is 10.6. The number of amides is 1. The maximum Gasteiger partial charge on any atom is 0.250 e. The molecule has 0 saturated carbocycles. The monoisotopic (exact) mass is 477 g/mol. The van der Waals surface area contributed by atoms with Gasteiger partial charge in [-0.25, -0.2) is 5.43 Å². The first kappa shape index (κ1) is 20.6. The zero-order valence-electron chi connectivity index (χ0n) is 15.0. The zero-order chi connectivity index (χ0) is 19.9. The van der Waals surface area contributed by atoms with Crippen molar-refractivity contribution in [2.24, 2.45) is 5.10 Å². The minimum Gasteiger partial charge on any atom is -0.302 e. The van der Waals surface area contributed by atoms with Gasteiger partial charge in [-0.3, -0.25) is 4.79 Å². The molecule has 0 fully saturated rings. The average Bonchev–Trinajstić information content (AvgIpc) is 3.10. The maximum absolute atomic E-state index is 12.1. The molecule has 2 aromatic carbocycles. The molecule has 0 atom stereocenters. The average molecular weight is 479 g/mol. The molecule has 3 rings (SSSR count). The van der Waals surface area contributed by atoms with Gasteiger partial charge in [-0.2, -0.15) is 5.10 Å². The maximum atomic E-state index is 12.1. The lowest BCUT2D eigenvalue weighted by Crippen LogP contribution is -2.20. The van der Waals surface area contributed by atoms with E-state index in [4.69, 9.17) is 11.6 Å². The second-order valence-corrected chi connectivity index (χ2v) is 7.99. The van der Waals surface area contributed by atoms with Gasteiger partial charge in [0.2, 0.25) is 0 Å². The van der Waals surface area contributed by atoms with Crippen LogP contribution in [0.15, 0.2) is 63.3 Å². The van der Waals surface area contributed by atoms with Crippen LogP contribution in [0.5, 0.6) is 0 Å². The van der Waals surface area contributed by atoms with Gasteiger partial charge in [-0.15, -0.1) is 10.2 Å². The fourth-order valence-corrected chi connectivity index (χ4v) is 3.76. The number of rotatable bonds is 7. The van der Waals surface area contributed by atoms with E-state index < -0.39 is 0 Å². The molecule has 0 spiro atoms. The lowest BCUT2D eigenvalue weighted by Gasteiger charge is -2.07. The van der Waals surface area contributed by atoms with Crippen LogP contribution < -0.4 is 5.43 Å². The minimum atomic E-state index is -0.213. The van der Waals surface area contributed by atoms with Gasteiger partial charge in [-0.05, 0) is 48.9 Å². The molecule has 6 nitrogen and oxygen atoms in total. The number of thioether (sulfide) groups is 1. The second-order valence-electron chi connectivity index (χ2n) is 5.69. The van der Waals surface area contributed by atoms with Crippen molar-refractivity contribution < 1.29 is 4.79 Å². The molecule has 1 aromatic heterocycles. The molecule has 1 N–H and O–H groups in total. The Morgan fingerprint density at radius 1 is 1.29 bits per heavy atom. The van der Waals surface area contributed by atoms with Crippen LogP contribution >= 0.6 is 39.3 Å². The van der Waals surface area contributed by atoms with Gasteiger partial charge in [-0.1, -0.05) is 51.4 Å². The highest BCUT2D eigenvalue weighted by atomic mass is 79.9. The van der Waals surface area contributed by atoms with Crippen LogP contribution in [-0.2, 0) is 11.3 Å². The predicted octanol–water partition coefficient (Wildman–Crippen LogP) is 4.62. The highest BCUT2D eigenvalue weighted by Gasteiger charge is 2.14.